The molecule has 0 aliphatic carbocycles. The fourth-order valence-corrected chi connectivity index (χ4v) is 5.03. The normalized spacial score (nSPS) is 14.7. The third kappa shape index (κ3) is 4.22. The Kier molecular flexibility index (Phi) is 5.85. The largest absolute Gasteiger partial charge is 0.493 e. The number of aromatic nitrogens is 1. The van der Waals surface area contributed by atoms with Crippen LogP contribution >= 0.6 is 23.6 Å². The Hall–Kier alpha value is -3.62. The van der Waals surface area contributed by atoms with Crippen LogP contribution in [0, 0.1) is 3.95 Å². The highest BCUT2D eigenvalue weighted by Gasteiger charge is 2.30. The van der Waals surface area contributed by atoms with Gasteiger partial charge in [0.25, 0.3) is 5.91 Å². The van der Waals surface area contributed by atoms with Gasteiger partial charge in [-0.25, -0.2) is 0 Å². The molecule has 1 aliphatic rings. The van der Waals surface area contributed by atoms with Crippen molar-refractivity contribution in [3.05, 3.63) is 98.8 Å². The van der Waals surface area contributed by atoms with Gasteiger partial charge >= 0.3 is 0 Å². The Morgan fingerprint density at radius 2 is 1.70 bits per heavy atom. The van der Waals surface area contributed by atoms with Gasteiger partial charge in [0.15, 0.2) is 15.5 Å². The van der Waals surface area contributed by atoms with Crippen molar-refractivity contribution in [3.8, 4) is 17.2 Å². The molecule has 33 heavy (non-hydrogen) atoms. The number of para-hydroxylation sites is 1. The van der Waals surface area contributed by atoms with Gasteiger partial charge in [-0.05, 0) is 47.6 Å². The lowest BCUT2D eigenvalue weighted by Gasteiger charge is -2.27. The minimum Gasteiger partial charge on any atom is -0.493 e. The van der Waals surface area contributed by atoms with Gasteiger partial charge in [-0.2, -0.15) is 0 Å². The topological polar surface area (TPSA) is 64.5 Å². The summed E-state index contributed by atoms with van der Waals surface area (Å²) >= 11 is 6.85. The molecule has 5 rings (SSSR count). The van der Waals surface area contributed by atoms with Gasteiger partial charge in [-0.3, -0.25) is 9.36 Å². The number of amides is 1. The van der Waals surface area contributed by atoms with Crippen molar-refractivity contribution in [2.24, 2.45) is 0 Å². The fraction of sp³-hybridized carbons (Fsp3) is 0.120. The number of hydrogen-bond donors (Lipinski definition) is 2. The molecule has 0 spiro atoms. The minimum atomic E-state index is -0.443. The third-order valence-electron chi connectivity index (χ3n) is 5.35. The highest BCUT2D eigenvalue weighted by Crippen LogP contribution is 2.36. The van der Waals surface area contributed by atoms with E-state index in [2.05, 4.69) is 10.6 Å². The standard InChI is InChI=1S/C25H21N3O3S2/c1-30-20-14-17(12-13-19(20)31-15-16-8-4-2-5-9-16)22-26-23-21(24(29)27-22)33-25(32)28(23)18-10-6-3-7-11-18/h2-14,22,26H,15H2,1H3,(H,27,29). The number of carbonyl (C=O) groups excluding carboxylic acids is 1. The van der Waals surface area contributed by atoms with Crippen molar-refractivity contribution in [2.75, 3.05) is 12.4 Å². The summed E-state index contributed by atoms with van der Waals surface area (Å²) in [4.78, 5) is 13.5. The fourth-order valence-electron chi connectivity index (χ4n) is 3.72. The maximum atomic E-state index is 12.9. The van der Waals surface area contributed by atoms with Crippen molar-refractivity contribution in [1.82, 2.24) is 9.88 Å². The minimum absolute atomic E-state index is 0.164. The summed E-state index contributed by atoms with van der Waals surface area (Å²) in [6, 6.07) is 25.4. The number of methoxy groups -OCH3 is 1. The molecule has 1 atom stereocenters. The monoisotopic (exact) mass is 475 g/mol. The second kappa shape index (κ2) is 9.09. The summed E-state index contributed by atoms with van der Waals surface area (Å²) in [7, 11) is 1.60. The first-order valence-corrected chi connectivity index (χ1v) is 11.6. The van der Waals surface area contributed by atoms with E-state index in [1.54, 1.807) is 7.11 Å². The molecule has 2 heterocycles. The van der Waals surface area contributed by atoms with E-state index >= 15 is 0 Å². The highest BCUT2D eigenvalue weighted by molar-refractivity contribution is 7.73. The van der Waals surface area contributed by atoms with Crippen LogP contribution < -0.4 is 20.1 Å². The number of nitrogens with one attached hydrogen (secondary N) is 2. The summed E-state index contributed by atoms with van der Waals surface area (Å²) in [6.07, 6.45) is -0.443. The molecule has 8 heteroatoms. The summed E-state index contributed by atoms with van der Waals surface area (Å²) in [5.74, 6) is 1.75. The number of fused-ring (bicyclic) bond motifs is 1. The van der Waals surface area contributed by atoms with Gasteiger partial charge in [0.05, 0.1) is 7.11 Å². The molecule has 1 aliphatic heterocycles. The average molecular weight is 476 g/mol. The molecule has 1 amide bonds. The van der Waals surface area contributed by atoms with E-state index < -0.39 is 6.17 Å². The number of thiazole rings is 1. The summed E-state index contributed by atoms with van der Waals surface area (Å²) in [6.45, 7) is 0.436. The van der Waals surface area contributed by atoms with Crippen molar-refractivity contribution >= 4 is 35.3 Å². The first-order chi connectivity index (χ1) is 16.1. The van der Waals surface area contributed by atoms with Crippen molar-refractivity contribution in [1.29, 1.82) is 0 Å². The van der Waals surface area contributed by atoms with Crippen LogP contribution in [0.15, 0.2) is 78.9 Å². The summed E-state index contributed by atoms with van der Waals surface area (Å²) in [5, 5.41) is 6.45. The van der Waals surface area contributed by atoms with Crippen molar-refractivity contribution in [2.45, 2.75) is 12.8 Å². The maximum absolute atomic E-state index is 12.9. The summed E-state index contributed by atoms with van der Waals surface area (Å²) in [5.41, 5.74) is 2.82. The number of nitrogens with zero attached hydrogens (tertiary/aromatic N) is 1. The molecule has 0 fully saturated rings. The number of anilines is 1. The van der Waals surface area contributed by atoms with Crippen LogP contribution in [-0.2, 0) is 6.61 Å². The van der Waals surface area contributed by atoms with E-state index in [1.165, 1.54) is 11.3 Å². The lowest BCUT2D eigenvalue weighted by molar-refractivity contribution is 0.0939. The van der Waals surface area contributed by atoms with Crippen LogP contribution in [0.25, 0.3) is 5.69 Å². The van der Waals surface area contributed by atoms with Crippen LogP contribution in [0.4, 0.5) is 5.82 Å². The molecular weight excluding hydrogens is 454 g/mol. The molecule has 0 saturated heterocycles. The average Bonchev–Trinajstić information content (AvgIpc) is 3.20. The maximum Gasteiger partial charge on any atom is 0.267 e. The van der Waals surface area contributed by atoms with Crippen LogP contribution in [0.1, 0.15) is 27.0 Å². The van der Waals surface area contributed by atoms with Gasteiger partial charge in [-0.1, -0.05) is 65.9 Å². The third-order valence-corrected chi connectivity index (χ3v) is 6.72. The first kappa shape index (κ1) is 21.2. The molecular formula is C25H21N3O3S2. The second-order valence-electron chi connectivity index (χ2n) is 7.45. The molecule has 2 N–H and O–H groups in total. The van der Waals surface area contributed by atoms with Gasteiger partial charge < -0.3 is 20.1 Å². The molecule has 0 saturated carbocycles. The van der Waals surface area contributed by atoms with E-state index in [0.29, 0.717) is 32.8 Å². The Morgan fingerprint density at radius 1 is 0.970 bits per heavy atom. The number of hydrogen-bond acceptors (Lipinski definition) is 6. The Balaban J connectivity index is 1.43. The molecule has 0 radical (unpaired) electrons. The zero-order valence-electron chi connectivity index (χ0n) is 17.8. The molecule has 166 valence electrons. The summed E-state index contributed by atoms with van der Waals surface area (Å²) < 4.78 is 14.0. The molecule has 0 bridgehead atoms. The second-order valence-corrected chi connectivity index (χ2v) is 9.10. The molecule has 3 aromatic carbocycles. The zero-order chi connectivity index (χ0) is 22.8. The van der Waals surface area contributed by atoms with Gasteiger partial charge in [0.2, 0.25) is 0 Å². The lowest BCUT2D eigenvalue weighted by Crippen LogP contribution is -2.38. The smallest absolute Gasteiger partial charge is 0.267 e. The molecule has 1 unspecified atom stereocenters. The predicted molar refractivity (Wildman–Crippen MR) is 132 cm³/mol. The van der Waals surface area contributed by atoms with Crippen molar-refractivity contribution in [3.63, 3.8) is 0 Å². The van der Waals surface area contributed by atoms with Gasteiger partial charge in [0, 0.05) is 5.69 Å². The first-order valence-electron chi connectivity index (χ1n) is 10.4. The Morgan fingerprint density at radius 3 is 2.42 bits per heavy atom. The van der Waals surface area contributed by atoms with Gasteiger partial charge in [0.1, 0.15) is 23.5 Å². The van der Waals surface area contributed by atoms with Crippen LogP contribution in [-0.4, -0.2) is 17.6 Å². The van der Waals surface area contributed by atoms with E-state index in [9.17, 15) is 4.79 Å². The van der Waals surface area contributed by atoms with Crippen LogP contribution in [0.5, 0.6) is 11.5 Å². The van der Waals surface area contributed by atoms with E-state index in [0.717, 1.165) is 16.8 Å². The molecule has 6 nitrogen and oxygen atoms in total. The number of carbonyl (C=O) groups is 1. The Labute approximate surface area is 200 Å². The Bertz CT molecular complexity index is 1350. The van der Waals surface area contributed by atoms with Gasteiger partial charge in [-0.15, -0.1) is 0 Å². The molecule has 4 aromatic rings. The SMILES string of the molecule is COc1cc(C2NC(=O)c3sc(=S)n(-c4ccccc4)c3N2)ccc1OCc1ccccc1. The highest BCUT2D eigenvalue weighted by atomic mass is 32.1. The quantitative estimate of drug-likeness (QED) is 0.350. The molecule has 1 aromatic heterocycles. The van der Waals surface area contributed by atoms with E-state index in [4.69, 9.17) is 21.7 Å². The van der Waals surface area contributed by atoms with Crippen molar-refractivity contribution < 1.29 is 14.3 Å². The lowest BCUT2D eigenvalue weighted by atomic mass is 10.1. The van der Waals surface area contributed by atoms with Crippen LogP contribution in [0.3, 0.4) is 0 Å². The van der Waals surface area contributed by atoms with Crippen LogP contribution in [0.2, 0.25) is 0 Å². The number of benzene rings is 3. The van der Waals surface area contributed by atoms with E-state index in [-0.39, 0.29) is 5.91 Å². The van der Waals surface area contributed by atoms with E-state index in [1.807, 2.05) is 83.4 Å². The number of rotatable bonds is 6. The predicted octanol–water partition coefficient (Wildman–Crippen LogP) is 5.71. The number of ether oxygens (including phenoxy) is 2. The zero-order valence-corrected chi connectivity index (χ0v) is 19.4.